The number of ether oxygens (including phenoxy) is 1. The molecular weight excluding hydrogens is 274 g/mol. The van der Waals surface area contributed by atoms with E-state index in [0.717, 1.165) is 35.5 Å². The van der Waals surface area contributed by atoms with E-state index in [1.165, 1.54) is 0 Å². The second kappa shape index (κ2) is 6.09. The second-order valence-corrected chi connectivity index (χ2v) is 5.01. The van der Waals surface area contributed by atoms with Crippen molar-refractivity contribution in [3.63, 3.8) is 0 Å². The van der Waals surface area contributed by atoms with Gasteiger partial charge in [0.1, 0.15) is 17.4 Å². The average Bonchev–Trinajstić information content (AvgIpc) is 2.43. The fourth-order valence-electron chi connectivity index (χ4n) is 2.01. The molecule has 0 spiro atoms. The van der Waals surface area contributed by atoms with Crippen LogP contribution in [-0.2, 0) is 6.42 Å². The minimum atomic E-state index is 0.521. The van der Waals surface area contributed by atoms with Crippen LogP contribution in [0.25, 0.3) is 11.3 Å². The summed E-state index contributed by atoms with van der Waals surface area (Å²) < 4.78 is 5.25. The first-order chi connectivity index (χ1) is 9.56. The normalized spacial score (nSPS) is 10.6. The molecule has 0 bridgehead atoms. The summed E-state index contributed by atoms with van der Waals surface area (Å²) in [4.78, 5) is 8.93. The van der Waals surface area contributed by atoms with Gasteiger partial charge in [-0.05, 0) is 25.5 Å². The Kier molecular flexibility index (Phi) is 4.45. The molecule has 0 fully saturated rings. The average molecular weight is 292 g/mol. The fourth-order valence-corrected chi connectivity index (χ4v) is 2.20. The summed E-state index contributed by atoms with van der Waals surface area (Å²) >= 11 is 6.05. The Morgan fingerprint density at radius 2 is 2.05 bits per heavy atom. The van der Waals surface area contributed by atoms with Crippen LogP contribution in [0.3, 0.4) is 0 Å². The molecule has 5 heteroatoms. The van der Waals surface area contributed by atoms with Gasteiger partial charge in [0, 0.05) is 17.5 Å². The van der Waals surface area contributed by atoms with Crippen molar-refractivity contribution in [2.24, 2.45) is 0 Å². The Hall–Kier alpha value is -1.81. The van der Waals surface area contributed by atoms with Crippen molar-refractivity contribution in [2.45, 2.75) is 26.7 Å². The van der Waals surface area contributed by atoms with Gasteiger partial charge in [-0.3, -0.25) is 0 Å². The summed E-state index contributed by atoms with van der Waals surface area (Å²) in [6, 6.07) is 5.58. The molecule has 0 amide bonds. The van der Waals surface area contributed by atoms with E-state index in [0.29, 0.717) is 16.6 Å². The maximum atomic E-state index is 6.05. The number of aromatic nitrogens is 2. The maximum absolute atomic E-state index is 6.05. The van der Waals surface area contributed by atoms with E-state index in [1.54, 1.807) is 13.2 Å². The van der Waals surface area contributed by atoms with Crippen LogP contribution in [0.2, 0.25) is 5.02 Å². The number of anilines is 1. The predicted octanol–water partition coefficient (Wildman–Crippen LogP) is 3.65. The lowest BCUT2D eigenvalue weighted by Gasteiger charge is -2.11. The summed E-state index contributed by atoms with van der Waals surface area (Å²) in [6.07, 6.45) is 1.79. The van der Waals surface area contributed by atoms with Crippen LogP contribution in [0, 0.1) is 6.92 Å². The van der Waals surface area contributed by atoms with Crippen molar-refractivity contribution in [3.05, 3.63) is 34.6 Å². The molecule has 4 nitrogen and oxygen atoms in total. The molecule has 0 saturated heterocycles. The van der Waals surface area contributed by atoms with Gasteiger partial charge < -0.3 is 10.5 Å². The molecule has 0 saturated carbocycles. The molecule has 1 heterocycles. The van der Waals surface area contributed by atoms with Crippen molar-refractivity contribution in [3.8, 4) is 17.0 Å². The summed E-state index contributed by atoms with van der Waals surface area (Å²) in [5.74, 6) is 1.91. The molecule has 2 rings (SSSR count). The number of aryl methyl sites for hydroxylation is 1. The summed E-state index contributed by atoms with van der Waals surface area (Å²) in [5.41, 5.74) is 8.61. The first-order valence-electron chi connectivity index (χ1n) is 6.53. The monoisotopic (exact) mass is 291 g/mol. The molecule has 20 heavy (non-hydrogen) atoms. The molecular formula is C15H18ClN3O. The van der Waals surface area contributed by atoms with Crippen LogP contribution >= 0.6 is 11.6 Å². The summed E-state index contributed by atoms with van der Waals surface area (Å²) in [7, 11) is 1.59. The highest BCUT2D eigenvalue weighted by atomic mass is 35.5. The molecule has 2 aromatic rings. The van der Waals surface area contributed by atoms with Gasteiger partial charge in [-0.1, -0.05) is 24.6 Å². The highest BCUT2D eigenvalue weighted by molar-refractivity contribution is 6.32. The van der Waals surface area contributed by atoms with Crippen LogP contribution in [-0.4, -0.2) is 17.1 Å². The molecule has 1 aromatic carbocycles. The van der Waals surface area contributed by atoms with Gasteiger partial charge in [0.25, 0.3) is 0 Å². The largest absolute Gasteiger partial charge is 0.495 e. The Bertz CT molecular complexity index is 629. The van der Waals surface area contributed by atoms with Gasteiger partial charge in [-0.15, -0.1) is 0 Å². The van der Waals surface area contributed by atoms with Crippen LogP contribution in [0.5, 0.6) is 5.75 Å². The molecule has 2 N–H and O–H groups in total. The van der Waals surface area contributed by atoms with Crippen molar-refractivity contribution in [1.82, 2.24) is 9.97 Å². The third kappa shape index (κ3) is 2.85. The molecule has 106 valence electrons. The number of benzene rings is 1. The van der Waals surface area contributed by atoms with Crippen molar-refractivity contribution >= 4 is 17.4 Å². The third-order valence-electron chi connectivity index (χ3n) is 3.13. The standard InChI is InChI=1S/C15H18ClN3O/c1-4-5-13-18-14(9(2)15(17)19-13)10-6-7-11(16)12(8-10)20-3/h6-8H,4-5H2,1-3H3,(H2,17,18,19). The van der Waals surface area contributed by atoms with E-state index < -0.39 is 0 Å². The van der Waals surface area contributed by atoms with Crippen LogP contribution in [0.4, 0.5) is 5.82 Å². The smallest absolute Gasteiger partial charge is 0.138 e. The lowest BCUT2D eigenvalue weighted by molar-refractivity contribution is 0.415. The van der Waals surface area contributed by atoms with Gasteiger partial charge in [0.2, 0.25) is 0 Å². The van der Waals surface area contributed by atoms with Gasteiger partial charge in [0.05, 0.1) is 17.8 Å². The zero-order valence-electron chi connectivity index (χ0n) is 11.9. The van der Waals surface area contributed by atoms with E-state index in [1.807, 2.05) is 19.1 Å². The Morgan fingerprint density at radius 1 is 1.30 bits per heavy atom. The van der Waals surface area contributed by atoms with Gasteiger partial charge >= 0.3 is 0 Å². The van der Waals surface area contributed by atoms with Crippen molar-refractivity contribution in [2.75, 3.05) is 12.8 Å². The van der Waals surface area contributed by atoms with Gasteiger partial charge in [0.15, 0.2) is 0 Å². The number of nitrogens with two attached hydrogens (primary N) is 1. The minimum Gasteiger partial charge on any atom is -0.495 e. The molecule has 1 aromatic heterocycles. The van der Waals surface area contributed by atoms with Crippen molar-refractivity contribution in [1.29, 1.82) is 0 Å². The number of nitrogen functional groups attached to an aromatic ring is 1. The second-order valence-electron chi connectivity index (χ2n) is 4.60. The van der Waals surface area contributed by atoms with E-state index in [-0.39, 0.29) is 0 Å². The lowest BCUT2D eigenvalue weighted by atomic mass is 10.1. The van der Waals surface area contributed by atoms with E-state index in [2.05, 4.69) is 16.9 Å². The maximum Gasteiger partial charge on any atom is 0.138 e. The Morgan fingerprint density at radius 3 is 2.70 bits per heavy atom. The van der Waals surface area contributed by atoms with E-state index in [9.17, 15) is 0 Å². The number of hydrogen-bond acceptors (Lipinski definition) is 4. The lowest BCUT2D eigenvalue weighted by Crippen LogP contribution is -2.05. The Balaban J connectivity index is 2.56. The zero-order valence-corrected chi connectivity index (χ0v) is 12.7. The Labute approximate surface area is 124 Å². The van der Waals surface area contributed by atoms with Crippen LogP contribution < -0.4 is 10.5 Å². The molecule has 0 aliphatic rings. The summed E-state index contributed by atoms with van der Waals surface area (Å²) in [6.45, 7) is 4.01. The molecule has 0 atom stereocenters. The van der Waals surface area contributed by atoms with Crippen LogP contribution in [0.15, 0.2) is 18.2 Å². The first-order valence-corrected chi connectivity index (χ1v) is 6.91. The van der Waals surface area contributed by atoms with E-state index in [4.69, 9.17) is 22.1 Å². The van der Waals surface area contributed by atoms with Crippen molar-refractivity contribution < 1.29 is 4.74 Å². The quantitative estimate of drug-likeness (QED) is 0.934. The van der Waals surface area contributed by atoms with E-state index >= 15 is 0 Å². The molecule has 0 aliphatic carbocycles. The first kappa shape index (κ1) is 14.6. The number of halogens is 1. The SMILES string of the molecule is CCCc1nc(N)c(C)c(-c2ccc(Cl)c(OC)c2)n1. The number of hydrogen-bond donors (Lipinski definition) is 1. The summed E-state index contributed by atoms with van der Waals surface area (Å²) in [5, 5.41) is 0.574. The molecule has 0 aliphatic heterocycles. The number of nitrogens with zero attached hydrogens (tertiary/aromatic N) is 2. The molecule has 0 radical (unpaired) electrons. The number of rotatable bonds is 4. The number of methoxy groups -OCH3 is 1. The predicted molar refractivity (Wildman–Crippen MR) is 82.2 cm³/mol. The van der Waals surface area contributed by atoms with Gasteiger partial charge in [-0.2, -0.15) is 0 Å². The highest BCUT2D eigenvalue weighted by Gasteiger charge is 2.12. The molecule has 0 unspecified atom stereocenters. The minimum absolute atomic E-state index is 0.521. The fraction of sp³-hybridized carbons (Fsp3) is 0.333. The van der Waals surface area contributed by atoms with Gasteiger partial charge in [-0.25, -0.2) is 9.97 Å². The van der Waals surface area contributed by atoms with Crippen LogP contribution in [0.1, 0.15) is 24.7 Å². The highest BCUT2D eigenvalue weighted by Crippen LogP contribution is 2.32. The zero-order chi connectivity index (χ0) is 14.7. The topological polar surface area (TPSA) is 61.0 Å². The third-order valence-corrected chi connectivity index (χ3v) is 3.44.